The fourth-order valence-corrected chi connectivity index (χ4v) is 5.19. The number of carbonyl (C=O) groups excluding carboxylic acids is 2. The lowest BCUT2D eigenvalue weighted by Crippen LogP contribution is -2.52. The summed E-state index contributed by atoms with van der Waals surface area (Å²) in [5, 5.41) is 17.1. The second-order valence-corrected chi connectivity index (χ2v) is 10.6. The van der Waals surface area contributed by atoms with Gasteiger partial charge < -0.3 is 30.1 Å². The second-order valence-electron chi connectivity index (χ2n) is 9.53. The largest absolute Gasteiger partial charge is 0.481 e. The van der Waals surface area contributed by atoms with Crippen molar-refractivity contribution in [1.29, 1.82) is 0 Å². The fourth-order valence-electron chi connectivity index (χ4n) is 4.47. The number of carboxylic acid groups (broad SMARTS) is 1. The van der Waals surface area contributed by atoms with Gasteiger partial charge in [-0.15, -0.1) is 11.3 Å². The molecule has 3 aromatic rings. The molecule has 0 unspecified atom stereocenters. The van der Waals surface area contributed by atoms with Gasteiger partial charge in [0.05, 0.1) is 19.0 Å². The van der Waals surface area contributed by atoms with Gasteiger partial charge in [-0.3, -0.25) is 14.6 Å². The van der Waals surface area contributed by atoms with Crippen LogP contribution in [0, 0.1) is 0 Å². The van der Waals surface area contributed by atoms with Crippen molar-refractivity contribution in [3.05, 3.63) is 76.2 Å². The molecule has 2 atom stereocenters. The number of unbranched alkanes of at least 4 members (excludes halogenated alkanes) is 1. The lowest BCUT2D eigenvalue weighted by atomic mass is 10.0. The number of amides is 3. The zero-order chi connectivity index (χ0) is 28.3. The van der Waals surface area contributed by atoms with Gasteiger partial charge in [-0.25, -0.2) is 4.79 Å². The number of thiophene rings is 1. The van der Waals surface area contributed by atoms with Crippen molar-refractivity contribution in [2.24, 2.45) is 0 Å². The number of carbonyl (C=O) groups is 3. The maximum atomic E-state index is 13.8. The molecule has 0 bridgehead atoms. The predicted octanol–water partition coefficient (Wildman–Crippen LogP) is 4.52. The summed E-state index contributed by atoms with van der Waals surface area (Å²) in [7, 11) is 0. The van der Waals surface area contributed by atoms with Crippen molar-refractivity contribution >= 4 is 29.2 Å². The first-order valence-corrected chi connectivity index (χ1v) is 14.2. The molecule has 2 aromatic heterocycles. The van der Waals surface area contributed by atoms with Gasteiger partial charge in [-0.05, 0) is 53.6 Å². The Morgan fingerprint density at radius 1 is 1.12 bits per heavy atom. The van der Waals surface area contributed by atoms with Crippen LogP contribution in [0.15, 0.2) is 60.2 Å². The quantitative estimate of drug-likeness (QED) is 0.262. The lowest BCUT2D eigenvalue weighted by Gasteiger charge is -2.28. The molecule has 0 saturated carbocycles. The molecule has 212 valence electrons. The Morgan fingerprint density at radius 2 is 1.98 bits per heavy atom. The van der Waals surface area contributed by atoms with Crippen LogP contribution < -0.4 is 20.1 Å². The van der Waals surface area contributed by atoms with Crippen molar-refractivity contribution in [3.8, 4) is 11.5 Å². The molecule has 1 aliphatic heterocycles. The molecule has 0 radical (unpaired) electrons. The maximum Gasteiger partial charge on any atom is 0.315 e. The number of aromatic nitrogens is 1. The molecule has 1 aromatic carbocycles. The van der Waals surface area contributed by atoms with E-state index in [2.05, 4.69) is 15.6 Å². The standard InChI is InChI=1S/C29H34N4O6S/c1-2-3-8-23(28(36)33(18-22-7-5-14-40-22)13-11-20-6-4-12-30-17-20)31-29(37)32-24(16-27(34)35)21-9-10-25-26(15-21)39-19-38-25/h4-7,9-10,12,14-15,17,23-24H,2-3,8,11,13,16,18-19H2,1H3,(H,34,35)(H2,31,32,37)/t23-,24-/m0/s1. The van der Waals surface area contributed by atoms with Crippen LogP contribution in [0.1, 0.15) is 54.7 Å². The average Bonchev–Trinajstić information content (AvgIpc) is 3.64. The first kappa shape index (κ1) is 28.9. The van der Waals surface area contributed by atoms with Crippen LogP contribution in [0.4, 0.5) is 4.79 Å². The summed E-state index contributed by atoms with van der Waals surface area (Å²) < 4.78 is 10.7. The van der Waals surface area contributed by atoms with E-state index < -0.39 is 24.1 Å². The van der Waals surface area contributed by atoms with Gasteiger partial charge >= 0.3 is 12.0 Å². The van der Waals surface area contributed by atoms with Crippen LogP contribution in [-0.4, -0.2) is 52.3 Å². The highest BCUT2D eigenvalue weighted by molar-refractivity contribution is 7.09. The highest BCUT2D eigenvalue weighted by Gasteiger charge is 2.28. The highest BCUT2D eigenvalue weighted by atomic mass is 32.1. The van der Waals surface area contributed by atoms with Crippen molar-refractivity contribution in [1.82, 2.24) is 20.5 Å². The average molecular weight is 567 g/mol. The lowest BCUT2D eigenvalue weighted by molar-refractivity contribution is -0.137. The number of carboxylic acids is 1. The normalized spacial score (nSPS) is 13.3. The molecular weight excluding hydrogens is 532 g/mol. The third-order valence-electron chi connectivity index (χ3n) is 6.56. The van der Waals surface area contributed by atoms with Gasteiger partial charge in [0.1, 0.15) is 6.04 Å². The molecule has 0 aliphatic carbocycles. The summed E-state index contributed by atoms with van der Waals surface area (Å²) in [5.41, 5.74) is 1.58. The van der Waals surface area contributed by atoms with Crippen molar-refractivity contribution in [2.45, 2.75) is 57.7 Å². The van der Waals surface area contributed by atoms with E-state index in [4.69, 9.17) is 9.47 Å². The Kier molecular flexibility index (Phi) is 10.3. The van der Waals surface area contributed by atoms with E-state index in [0.29, 0.717) is 43.0 Å². The molecule has 11 heteroatoms. The summed E-state index contributed by atoms with van der Waals surface area (Å²) in [6.45, 7) is 3.00. The van der Waals surface area contributed by atoms with Crippen LogP contribution in [0.3, 0.4) is 0 Å². The van der Waals surface area contributed by atoms with E-state index in [9.17, 15) is 19.5 Å². The van der Waals surface area contributed by atoms with Gasteiger partial charge in [0.15, 0.2) is 11.5 Å². The highest BCUT2D eigenvalue weighted by Crippen LogP contribution is 2.34. The van der Waals surface area contributed by atoms with Crippen molar-refractivity contribution < 1.29 is 29.0 Å². The van der Waals surface area contributed by atoms with Gasteiger partial charge in [-0.1, -0.05) is 38.0 Å². The number of nitrogens with one attached hydrogen (secondary N) is 2. The molecule has 40 heavy (non-hydrogen) atoms. The van der Waals surface area contributed by atoms with Crippen LogP contribution in [0.5, 0.6) is 11.5 Å². The molecule has 0 spiro atoms. The number of benzene rings is 1. The number of fused-ring (bicyclic) bond motifs is 1. The monoisotopic (exact) mass is 566 g/mol. The predicted molar refractivity (Wildman–Crippen MR) is 150 cm³/mol. The van der Waals surface area contributed by atoms with Crippen LogP contribution >= 0.6 is 11.3 Å². The summed E-state index contributed by atoms with van der Waals surface area (Å²) in [6.07, 6.45) is 5.84. The number of pyridine rings is 1. The summed E-state index contributed by atoms with van der Waals surface area (Å²) in [5.74, 6) is -0.202. The minimum absolute atomic E-state index is 0.0836. The fraction of sp³-hybridized carbons (Fsp3) is 0.379. The Bertz CT molecular complexity index is 1270. The number of aliphatic carboxylic acids is 1. The third-order valence-corrected chi connectivity index (χ3v) is 7.43. The number of ether oxygens (including phenoxy) is 2. The Balaban J connectivity index is 1.48. The molecule has 3 N–H and O–H groups in total. The van der Waals surface area contributed by atoms with Gasteiger partial charge in [0.25, 0.3) is 0 Å². The zero-order valence-electron chi connectivity index (χ0n) is 22.4. The van der Waals surface area contributed by atoms with E-state index >= 15 is 0 Å². The van der Waals surface area contributed by atoms with Gasteiger partial charge in [0, 0.05) is 23.8 Å². The Morgan fingerprint density at radius 3 is 2.70 bits per heavy atom. The molecule has 4 rings (SSSR count). The van der Waals surface area contributed by atoms with Crippen LogP contribution in [0.25, 0.3) is 0 Å². The van der Waals surface area contributed by atoms with Crippen LogP contribution in [-0.2, 0) is 22.6 Å². The Hall–Kier alpha value is -4.12. The third kappa shape index (κ3) is 8.19. The van der Waals surface area contributed by atoms with E-state index in [1.165, 1.54) is 0 Å². The van der Waals surface area contributed by atoms with E-state index in [-0.39, 0.29) is 19.1 Å². The Labute approximate surface area is 237 Å². The number of hydrogen-bond acceptors (Lipinski definition) is 7. The molecule has 0 fully saturated rings. The minimum atomic E-state index is -1.07. The van der Waals surface area contributed by atoms with E-state index in [1.54, 1.807) is 46.8 Å². The molecule has 1 aliphatic rings. The number of urea groups is 1. The summed E-state index contributed by atoms with van der Waals surface area (Å²) in [4.78, 5) is 45.6. The van der Waals surface area contributed by atoms with E-state index in [0.717, 1.165) is 23.3 Å². The van der Waals surface area contributed by atoms with Gasteiger partial charge in [0.2, 0.25) is 12.7 Å². The first-order valence-electron chi connectivity index (χ1n) is 13.3. The van der Waals surface area contributed by atoms with Crippen LogP contribution in [0.2, 0.25) is 0 Å². The summed E-state index contributed by atoms with van der Waals surface area (Å²) >= 11 is 1.57. The zero-order valence-corrected chi connectivity index (χ0v) is 23.2. The smallest absolute Gasteiger partial charge is 0.315 e. The SMILES string of the molecule is CCCC[C@H](NC(=O)N[C@@H](CC(=O)O)c1ccc2c(c1)OCO2)C(=O)N(CCc1cccnc1)Cc1cccs1. The van der Waals surface area contributed by atoms with Gasteiger partial charge in [-0.2, -0.15) is 0 Å². The van der Waals surface area contributed by atoms with Crippen molar-refractivity contribution in [3.63, 3.8) is 0 Å². The number of rotatable bonds is 14. The molecular formula is C29H34N4O6S. The first-order chi connectivity index (χ1) is 19.4. The van der Waals surface area contributed by atoms with E-state index in [1.807, 2.05) is 36.6 Å². The second kappa shape index (κ2) is 14.3. The molecule has 3 heterocycles. The maximum absolute atomic E-state index is 13.8. The summed E-state index contributed by atoms with van der Waals surface area (Å²) in [6, 6.07) is 10.6. The molecule has 10 nitrogen and oxygen atoms in total. The topological polar surface area (TPSA) is 130 Å². The minimum Gasteiger partial charge on any atom is -0.481 e. The molecule has 0 saturated heterocycles. The van der Waals surface area contributed by atoms with Crippen molar-refractivity contribution in [2.75, 3.05) is 13.3 Å². The number of hydrogen-bond donors (Lipinski definition) is 3. The number of nitrogens with zero attached hydrogens (tertiary/aromatic N) is 2. The molecule has 3 amide bonds.